The van der Waals surface area contributed by atoms with Gasteiger partial charge in [-0.1, -0.05) is 39.8 Å². The van der Waals surface area contributed by atoms with E-state index in [1.807, 2.05) is 38.1 Å². The first-order valence-electron chi connectivity index (χ1n) is 11.6. The first-order chi connectivity index (χ1) is 14.9. The number of aliphatic imine (C=N–C) groups is 1. The number of hydrogen-bond acceptors (Lipinski definition) is 4. The second-order valence-electron chi connectivity index (χ2n) is 8.88. The standard InChI is InChI=1S/C24H41N5O2/c1-6-25-24(27-17-22(19(4)5)29-10-12-31-13-11-29)26-16-20-8-7-9-21(15-20)28-23(30)14-18(2)3/h7-9,15,18-19,22H,6,10-14,16-17H2,1-5H3,(H,28,30)(H2,25,26,27). The number of nitrogens with one attached hydrogen (secondary N) is 3. The van der Waals surface area contributed by atoms with Gasteiger partial charge >= 0.3 is 0 Å². The number of amides is 1. The molecule has 7 nitrogen and oxygen atoms in total. The van der Waals surface area contributed by atoms with Crippen molar-refractivity contribution in [2.24, 2.45) is 16.8 Å². The van der Waals surface area contributed by atoms with Crippen LogP contribution in [0.2, 0.25) is 0 Å². The number of guanidine groups is 1. The van der Waals surface area contributed by atoms with Crippen LogP contribution in [-0.2, 0) is 16.1 Å². The maximum atomic E-state index is 12.0. The van der Waals surface area contributed by atoms with Gasteiger partial charge in [0, 0.05) is 44.3 Å². The lowest BCUT2D eigenvalue weighted by Crippen LogP contribution is -2.52. The minimum Gasteiger partial charge on any atom is -0.379 e. The Balaban J connectivity index is 1.97. The average molecular weight is 432 g/mol. The van der Waals surface area contributed by atoms with E-state index in [2.05, 4.69) is 41.6 Å². The van der Waals surface area contributed by atoms with Crippen LogP contribution in [0, 0.1) is 11.8 Å². The van der Waals surface area contributed by atoms with Crippen LogP contribution in [0.25, 0.3) is 0 Å². The Morgan fingerprint density at radius 2 is 1.90 bits per heavy atom. The van der Waals surface area contributed by atoms with Gasteiger partial charge in [-0.3, -0.25) is 9.69 Å². The third-order valence-corrected chi connectivity index (χ3v) is 5.33. The molecular weight excluding hydrogens is 390 g/mol. The molecule has 0 aromatic heterocycles. The molecule has 0 aliphatic carbocycles. The summed E-state index contributed by atoms with van der Waals surface area (Å²) in [5.74, 6) is 1.75. The van der Waals surface area contributed by atoms with E-state index in [0.717, 1.165) is 56.6 Å². The van der Waals surface area contributed by atoms with E-state index in [-0.39, 0.29) is 5.91 Å². The second-order valence-corrected chi connectivity index (χ2v) is 8.88. The molecule has 1 saturated heterocycles. The maximum absolute atomic E-state index is 12.0. The monoisotopic (exact) mass is 431 g/mol. The van der Waals surface area contributed by atoms with Crippen LogP contribution in [0.5, 0.6) is 0 Å². The summed E-state index contributed by atoms with van der Waals surface area (Å²) in [6.45, 7) is 16.5. The van der Waals surface area contributed by atoms with E-state index >= 15 is 0 Å². The fraction of sp³-hybridized carbons (Fsp3) is 0.667. The molecule has 2 rings (SSSR count). The highest BCUT2D eigenvalue weighted by Gasteiger charge is 2.23. The average Bonchev–Trinajstić information content (AvgIpc) is 2.72. The Hall–Kier alpha value is -2.12. The van der Waals surface area contributed by atoms with Crippen molar-refractivity contribution in [2.45, 2.75) is 53.6 Å². The van der Waals surface area contributed by atoms with Gasteiger partial charge in [0.2, 0.25) is 5.91 Å². The van der Waals surface area contributed by atoms with Crippen molar-refractivity contribution in [1.82, 2.24) is 15.5 Å². The van der Waals surface area contributed by atoms with E-state index in [1.54, 1.807) is 0 Å². The van der Waals surface area contributed by atoms with Gasteiger partial charge in [-0.05, 0) is 36.5 Å². The topological polar surface area (TPSA) is 78.0 Å². The lowest BCUT2D eigenvalue weighted by molar-refractivity contribution is -0.116. The van der Waals surface area contributed by atoms with Crippen molar-refractivity contribution in [3.05, 3.63) is 29.8 Å². The van der Waals surface area contributed by atoms with Crippen molar-refractivity contribution >= 4 is 17.6 Å². The molecule has 1 aromatic rings. The van der Waals surface area contributed by atoms with E-state index < -0.39 is 0 Å². The largest absolute Gasteiger partial charge is 0.379 e. The van der Waals surface area contributed by atoms with Crippen LogP contribution in [0.3, 0.4) is 0 Å². The number of carbonyl (C=O) groups excluding carboxylic acids is 1. The quantitative estimate of drug-likeness (QED) is 0.392. The molecule has 3 N–H and O–H groups in total. The first kappa shape index (κ1) is 25.1. The van der Waals surface area contributed by atoms with E-state index in [9.17, 15) is 4.79 Å². The Morgan fingerprint density at radius 3 is 2.55 bits per heavy atom. The van der Waals surface area contributed by atoms with Crippen LogP contribution in [0.15, 0.2) is 29.3 Å². The third kappa shape index (κ3) is 9.27. The van der Waals surface area contributed by atoms with Crippen molar-refractivity contribution in [1.29, 1.82) is 0 Å². The summed E-state index contributed by atoms with van der Waals surface area (Å²) in [5.41, 5.74) is 1.89. The highest BCUT2D eigenvalue weighted by atomic mass is 16.5. The van der Waals surface area contributed by atoms with Crippen LogP contribution in [0.4, 0.5) is 5.69 Å². The normalized spacial score (nSPS) is 16.4. The van der Waals surface area contributed by atoms with Gasteiger partial charge in [0.15, 0.2) is 5.96 Å². The molecule has 1 aliphatic rings. The van der Waals surface area contributed by atoms with Gasteiger partial charge in [0.1, 0.15) is 0 Å². The van der Waals surface area contributed by atoms with Gasteiger partial charge in [-0.15, -0.1) is 0 Å². The second kappa shape index (κ2) is 13.3. The van der Waals surface area contributed by atoms with Gasteiger partial charge in [0.25, 0.3) is 0 Å². The summed E-state index contributed by atoms with van der Waals surface area (Å²) in [7, 11) is 0. The van der Waals surface area contributed by atoms with E-state index in [0.29, 0.717) is 30.8 Å². The molecule has 1 aromatic carbocycles. The number of rotatable bonds is 10. The summed E-state index contributed by atoms with van der Waals surface area (Å²) in [6.07, 6.45) is 0.525. The zero-order valence-electron chi connectivity index (χ0n) is 19.9. The Kier molecular flexibility index (Phi) is 10.8. The number of ether oxygens (including phenoxy) is 1. The van der Waals surface area contributed by atoms with Gasteiger partial charge in [-0.2, -0.15) is 0 Å². The first-order valence-corrected chi connectivity index (χ1v) is 11.6. The van der Waals surface area contributed by atoms with Crippen LogP contribution >= 0.6 is 0 Å². The molecule has 0 saturated carbocycles. The number of nitrogens with zero attached hydrogens (tertiary/aromatic N) is 2. The molecule has 1 heterocycles. The number of carbonyl (C=O) groups is 1. The third-order valence-electron chi connectivity index (χ3n) is 5.33. The van der Waals surface area contributed by atoms with Crippen LogP contribution < -0.4 is 16.0 Å². The SMILES string of the molecule is CCNC(=NCc1cccc(NC(=O)CC(C)C)c1)NCC(C(C)C)N1CCOCC1. The van der Waals surface area contributed by atoms with Crippen molar-refractivity contribution < 1.29 is 9.53 Å². The number of anilines is 1. The maximum Gasteiger partial charge on any atom is 0.224 e. The molecule has 0 radical (unpaired) electrons. The molecule has 31 heavy (non-hydrogen) atoms. The predicted molar refractivity (Wildman–Crippen MR) is 128 cm³/mol. The zero-order chi connectivity index (χ0) is 22.6. The summed E-state index contributed by atoms with van der Waals surface area (Å²) in [6, 6.07) is 8.35. The highest BCUT2D eigenvalue weighted by Crippen LogP contribution is 2.14. The van der Waals surface area contributed by atoms with Crippen molar-refractivity contribution in [2.75, 3.05) is 44.7 Å². The molecule has 1 unspecified atom stereocenters. The molecule has 1 atom stereocenters. The van der Waals surface area contributed by atoms with Gasteiger partial charge < -0.3 is 20.7 Å². The fourth-order valence-corrected chi connectivity index (χ4v) is 3.74. The summed E-state index contributed by atoms with van der Waals surface area (Å²) in [5, 5.41) is 9.85. The smallest absolute Gasteiger partial charge is 0.224 e. The summed E-state index contributed by atoms with van der Waals surface area (Å²) >= 11 is 0. The molecule has 1 amide bonds. The molecule has 0 bridgehead atoms. The van der Waals surface area contributed by atoms with Crippen molar-refractivity contribution in [3.63, 3.8) is 0 Å². The summed E-state index contributed by atoms with van der Waals surface area (Å²) < 4.78 is 5.51. The van der Waals surface area contributed by atoms with Gasteiger partial charge in [0.05, 0.1) is 19.8 Å². The molecule has 0 spiro atoms. The van der Waals surface area contributed by atoms with E-state index in [4.69, 9.17) is 9.73 Å². The van der Waals surface area contributed by atoms with Crippen LogP contribution in [-0.4, -0.2) is 62.2 Å². The molecule has 174 valence electrons. The molecular formula is C24H41N5O2. The van der Waals surface area contributed by atoms with E-state index in [1.165, 1.54) is 0 Å². The molecule has 1 aliphatic heterocycles. The number of hydrogen-bond donors (Lipinski definition) is 3. The minimum atomic E-state index is 0.0495. The number of morpholine rings is 1. The lowest BCUT2D eigenvalue weighted by Gasteiger charge is -2.37. The number of benzene rings is 1. The van der Waals surface area contributed by atoms with Crippen LogP contribution in [0.1, 0.15) is 46.6 Å². The summed E-state index contributed by atoms with van der Waals surface area (Å²) in [4.78, 5) is 19.3. The Morgan fingerprint density at radius 1 is 1.16 bits per heavy atom. The Labute approximate surface area is 188 Å². The highest BCUT2D eigenvalue weighted by molar-refractivity contribution is 5.90. The van der Waals surface area contributed by atoms with Gasteiger partial charge in [-0.25, -0.2) is 4.99 Å². The fourth-order valence-electron chi connectivity index (χ4n) is 3.74. The molecule has 1 fully saturated rings. The Bertz CT molecular complexity index is 699. The minimum absolute atomic E-state index is 0.0495. The predicted octanol–water partition coefficient (Wildman–Crippen LogP) is 3.08. The molecule has 7 heteroatoms. The zero-order valence-corrected chi connectivity index (χ0v) is 19.9. The lowest BCUT2D eigenvalue weighted by atomic mass is 10.0. The van der Waals surface area contributed by atoms with Crippen molar-refractivity contribution in [3.8, 4) is 0 Å².